The van der Waals surface area contributed by atoms with Gasteiger partial charge in [-0.2, -0.15) is 0 Å². The summed E-state index contributed by atoms with van der Waals surface area (Å²) in [6.07, 6.45) is 7.39. The standard InChI is InChI=1S/C15H16N6O3S/c22-14(18-10-2-7-25(23,24)8-3-10)13-12-11(1-4-17-12)19-15(20-13)21-6-5-16-9-21/h1,4-6,9-10,17H,2-3,7-8H2,(H,18,22). The van der Waals surface area contributed by atoms with Gasteiger partial charge in [-0.25, -0.2) is 23.4 Å². The number of carbonyl (C=O) groups excluding carboxylic acids is 1. The number of nitrogens with one attached hydrogen (secondary N) is 2. The summed E-state index contributed by atoms with van der Waals surface area (Å²) < 4.78 is 24.7. The van der Waals surface area contributed by atoms with Crippen LogP contribution in [0.3, 0.4) is 0 Å². The maximum Gasteiger partial charge on any atom is 0.272 e. The third-order valence-electron chi connectivity index (χ3n) is 4.23. The lowest BCUT2D eigenvalue weighted by Crippen LogP contribution is -2.41. The van der Waals surface area contributed by atoms with Crippen molar-refractivity contribution >= 4 is 26.8 Å². The number of carbonyl (C=O) groups is 1. The van der Waals surface area contributed by atoms with Crippen LogP contribution in [0.1, 0.15) is 23.3 Å². The number of fused-ring (bicyclic) bond motifs is 1. The molecular formula is C15H16N6O3S. The third kappa shape index (κ3) is 3.12. The Hall–Kier alpha value is -2.75. The lowest BCUT2D eigenvalue weighted by Gasteiger charge is -2.22. The predicted octanol–water partition coefficient (Wildman–Crippen LogP) is 0.451. The van der Waals surface area contributed by atoms with Crippen LogP contribution in [-0.4, -0.2) is 56.4 Å². The van der Waals surface area contributed by atoms with E-state index in [0.717, 1.165) is 0 Å². The zero-order valence-electron chi connectivity index (χ0n) is 13.2. The van der Waals surface area contributed by atoms with E-state index >= 15 is 0 Å². The maximum absolute atomic E-state index is 12.7. The van der Waals surface area contributed by atoms with E-state index in [4.69, 9.17) is 0 Å². The Morgan fingerprint density at radius 1 is 1.28 bits per heavy atom. The SMILES string of the molecule is O=C(NC1CCS(=O)(=O)CC1)c1nc(-n2ccnc2)nc2cc[nH]c12. The largest absolute Gasteiger partial charge is 0.358 e. The van der Waals surface area contributed by atoms with Crippen molar-refractivity contribution in [1.82, 2.24) is 29.8 Å². The van der Waals surface area contributed by atoms with Crippen LogP contribution in [0.4, 0.5) is 0 Å². The molecule has 1 amide bonds. The first kappa shape index (κ1) is 15.8. The van der Waals surface area contributed by atoms with Crippen LogP contribution in [0.15, 0.2) is 31.0 Å². The van der Waals surface area contributed by atoms with Gasteiger partial charge in [0.15, 0.2) is 5.69 Å². The molecule has 1 aliphatic rings. The number of hydrogen-bond donors (Lipinski definition) is 2. The van der Waals surface area contributed by atoms with Crippen LogP contribution in [0.25, 0.3) is 17.0 Å². The number of H-pyrrole nitrogens is 1. The zero-order chi connectivity index (χ0) is 17.4. The van der Waals surface area contributed by atoms with E-state index in [-0.39, 0.29) is 29.1 Å². The van der Waals surface area contributed by atoms with Crippen molar-refractivity contribution in [3.05, 3.63) is 36.7 Å². The fourth-order valence-corrected chi connectivity index (χ4v) is 4.37. The minimum Gasteiger partial charge on any atom is -0.358 e. The van der Waals surface area contributed by atoms with Crippen LogP contribution in [-0.2, 0) is 9.84 Å². The molecular weight excluding hydrogens is 344 g/mol. The number of imidazole rings is 1. The van der Waals surface area contributed by atoms with Crippen LogP contribution in [0.2, 0.25) is 0 Å². The highest BCUT2D eigenvalue weighted by molar-refractivity contribution is 7.91. The molecule has 0 aliphatic carbocycles. The van der Waals surface area contributed by atoms with Crippen molar-refractivity contribution in [2.45, 2.75) is 18.9 Å². The first-order valence-electron chi connectivity index (χ1n) is 7.86. The monoisotopic (exact) mass is 360 g/mol. The van der Waals surface area contributed by atoms with Gasteiger partial charge in [-0.3, -0.25) is 9.36 Å². The van der Waals surface area contributed by atoms with Gasteiger partial charge in [0.25, 0.3) is 5.91 Å². The fraction of sp³-hybridized carbons (Fsp3) is 0.333. The first-order chi connectivity index (χ1) is 12.0. The molecule has 0 atom stereocenters. The summed E-state index contributed by atoms with van der Waals surface area (Å²) in [6, 6.07) is 1.59. The number of hydrogen-bond acceptors (Lipinski definition) is 6. The topological polar surface area (TPSA) is 123 Å². The molecule has 25 heavy (non-hydrogen) atoms. The van der Waals surface area contributed by atoms with E-state index < -0.39 is 9.84 Å². The quantitative estimate of drug-likeness (QED) is 0.699. The average molecular weight is 360 g/mol. The van der Waals surface area contributed by atoms with Gasteiger partial charge < -0.3 is 10.3 Å². The van der Waals surface area contributed by atoms with E-state index in [9.17, 15) is 13.2 Å². The minimum atomic E-state index is -2.97. The maximum atomic E-state index is 12.7. The second kappa shape index (κ2) is 5.96. The molecule has 3 aromatic heterocycles. The third-order valence-corrected chi connectivity index (χ3v) is 5.95. The van der Waals surface area contributed by atoms with E-state index in [1.165, 1.54) is 0 Å². The number of amides is 1. The molecule has 4 heterocycles. The molecule has 9 nitrogen and oxygen atoms in total. The van der Waals surface area contributed by atoms with Gasteiger partial charge in [0, 0.05) is 24.6 Å². The van der Waals surface area contributed by atoms with Gasteiger partial charge in [-0.1, -0.05) is 0 Å². The van der Waals surface area contributed by atoms with E-state index in [1.54, 1.807) is 35.6 Å². The minimum absolute atomic E-state index is 0.0971. The summed E-state index contributed by atoms with van der Waals surface area (Å²) in [4.78, 5) is 28.4. The Kier molecular flexibility index (Phi) is 3.75. The first-order valence-corrected chi connectivity index (χ1v) is 9.69. The Morgan fingerprint density at radius 3 is 2.80 bits per heavy atom. The number of aromatic nitrogens is 5. The lowest BCUT2D eigenvalue weighted by molar-refractivity contribution is 0.0930. The summed E-state index contributed by atoms with van der Waals surface area (Å²) in [5, 5.41) is 2.89. The smallest absolute Gasteiger partial charge is 0.272 e. The van der Waals surface area contributed by atoms with Gasteiger partial charge >= 0.3 is 0 Å². The van der Waals surface area contributed by atoms with Crippen molar-refractivity contribution in [3.63, 3.8) is 0 Å². The Bertz CT molecular complexity index is 1010. The molecule has 1 aliphatic heterocycles. The van der Waals surface area contributed by atoms with E-state index in [0.29, 0.717) is 29.8 Å². The second-order valence-electron chi connectivity index (χ2n) is 5.98. The van der Waals surface area contributed by atoms with Crippen LogP contribution in [0, 0.1) is 0 Å². The molecule has 0 radical (unpaired) electrons. The Labute approximate surface area is 143 Å². The molecule has 0 saturated carbocycles. The van der Waals surface area contributed by atoms with Crippen molar-refractivity contribution in [2.24, 2.45) is 0 Å². The summed E-state index contributed by atoms with van der Waals surface area (Å²) in [5.74, 6) is 0.196. The molecule has 130 valence electrons. The average Bonchev–Trinajstić information content (AvgIpc) is 3.26. The highest BCUT2D eigenvalue weighted by atomic mass is 32.2. The molecule has 0 aromatic carbocycles. The normalized spacial score (nSPS) is 17.6. The summed E-state index contributed by atoms with van der Waals surface area (Å²) in [7, 11) is -2.97. The zero-order valence-corrected chi connectivity index (χ0v) is 14.0. The molecule has 1 saturated heterocycles. The molecule has 4 rings (SSSR count). The Balaban J connectivity index is 1.64. The van der Waals surface area contributed by atoms with Crippen molar-refractivity contribution in [2.75, 3.05) is 11.5 Å². The molecule has 0 bridgehead atoms. The predicted molar refractivity (Wildman–Crippen MR) is 90.2 cm³/mol. The molecule has 1 fully saturated rings. The fourth-order valence-electron chi connectivity index (χ4n) is 2.88. The van der Waals surface area contributed by atoms with E-state index in [2.05, 4.69) is 25.3 Å². The molecule has 10 heteroatoms. The van der Waals surface area contributed by atoms with Gasteiger partial charge in [-0.05, 0) is 18.9 Å². The molecule has 0 unspecified atom stereocenters. The van der Waals surface area contributed by atoms with Crippen LogP contribution in [0.5, 0.6) is 0 Å². The van der Waals surface area contributed by atoms with Crippen LogP contribution >= 0.6 is 0 Å². The molecule has 0 spiro atoms. The lowest BCUT2D eigenvalue weighted by atomic mass is 10.1. The van der Waals surface area contributed by atoms with Crippen molar-refractivity contribution in [3.8, 4) is 5.95 Å². The van der Waals surface area contributed by atoms with Gasteiger partial charge in [0.1, 0.15) is 16.2 Å². The number of nitrogens with zero attached hydrogens (tertiary/aromatic N) is 4. The van der Waals surface area contributed by atoms with E-state index in [1.807, 2.05) is 0 Å². The van der Waals surface area contributed by atoms with Gasteiger partial charge in [0.05, 0.1) is 22.5 Å². The van der Waals surface area contributed by atoms with Crippen LogP contribution < -0.4 is 5.32 Å². The van der Waals surface area contributed by atoms with Gasteiger partial charge in [0.2, 0.25) is 5.95 Å². The summed E-state index contributed by atoms with van der Waals surface area (Å²) in [6.45, 7) is 0. The highest BCUT2D eigenvalue weighted by Gasteiger charge is 2.26. The van der Waals surface area contributed by atoms with Crippen molar-refractivity contribution in [1.29, 1.82) is 0 Å². The van der Waals surface area contributed by atoms with Crippen molar-refractivity contribution < 1.29 is 13.2 Å². The second-order valence-corrected chi connectivity index (χ2v) is 8.28. The Morgan fingerprint density at radius 2 is 2.08 bits per heavy atom. The molecule has 3 aromatic rings. The molecule has 2 N–H and O–H groups in total. The number of rotatable bonds is 3. The number of aromatic amines is 1. The van der Waals surface area contributed by atoms with Gasteiger partial charge in [-0.15, -0.1) is 0 Å². The number of sulfone groups is 1. The highest BCUT2D eigenvalue weighted by Crippen LogP contribution is 2.17. The summed E-state index contributed by atoms with van der Waals surface area (Å²) in [5.41, 5.74) is 1.40. The summed E-state index contributed by atoms with van der Waals surface area (Å²) >= 11 is 0.